The molecule has 0 unspecified atom stereocenters. The Hall–Kier alpha value is -8.41. The predicted octanol–water partition coefficient (Wildman–Crippen LogP) is 14.4. The molecule has 9 aromatic carbocycles. The van der Waals surface area contributed by atoms with Crippen LogP contribution in [-0.4, -0.2) is 24.9 Å². The third kappa shape index (κ3) is 6.23. The molecule has 0 saturated heterocycles. The first-order valence-corrected chi connectivity index (χ1v) is 20.8. The molecule has 5 nitrogen and oxygen atoms in total. The van der Waals surface area contributed by atoms with E-state index in [4.69, 9.17) is 19.9 Å². The van der Waals surface area contributed by atoms with Crippen LogP contribution >= 0.6 is 0 Å². The number of benzene rings is 9. The molecule has 62 heavy (non-hydrogen) atoms. The van der Waals surface area contributed by atoms with Crippen molar-refractivity contribution in [1.82, 2.24) is 24.9 Å². The Bertz CT molecular complexity index is 3600. The molecule has 0 spiro atoms. The summed E-state index contributed by atoms with van der Waals surface area (Å²) in [6, 6.07) is 70.4. The van der Waals surface area contributed by atoms with Crippen molar-refractivity contribution in [3.8, 4) is 67.7 Å². The summed E-state index contributed by atoms with van der Waals surface area (Å²) in [7, 11) is 0. The fourth-order valence-electron chi connectivity index (χ4n) is 8.91. The normalized spacial score (nSPS) is 11.5. The SMILES string of the molecule is c1ccc(-c2nc3ccccc3c3c2ccc2c(-c4cc(-c5cccnc5)cc(-c5nc(-c6ccc7ccccc7c6)nc(-c6ccc7ccccc7c6)n5)c4)cccc23)cc1. The van der Waals surface area contributed by atoms with Gasteiger partial charge in [-0.2, -0.15) is 0 Å². The first-order chi connectivity index (χ1) is 30.7. The summed E-state index contributed by atoms with van der Waals surface area (Å²) in [5, 5.41) is 10.3. The number of nitrogens with zero attached hydrogens (tertiary/aromatic N) is 5. The van der Waals surface area contributed by atoms with Crippen LogP contribution in [0.1, 0.15) is 0 Å². The smallest absolute Gasteiger partial charge is 0.164 e. The van der Waals surface area contributed by atoms with Crippen LogP contribution in [-0.2, 0) is 0 Å². The zero-order chi connectivity index (χ0) is 41.0. The van der Waals surface area contributed by atoms with E-state index in [1.807, 2.05) is 24.5 Å². The van der Waals surface area contributed by atoms with Gasteiger partial charge in [0.25, 0.3) is 0 Å². The van der Waals surface area contributed by atoms with Gasteiger partial charge in [0, 0.05) is 56.4 Å². The predicted molar refractivity (Wildman–Crippen MR) is 256 cm³/mol. The molecule has 0 fully saturated rings. The van der Waals surface area contributed by atoms with Crippen LogP contribution in [0.5, 0.6) is 0 Å². The van der Waals surface area contributed by atoms with Gasteiger partial charge in [-0.15, -0.1) is 0 Å². The van der Waals surface area contributed by atoms with E-state index < -0.39 is 0 Å². The van der Waals surface area contributed by atoms with Crippen molar-refractivity contribution in [2.45, 2.75) is 0 Å². The summed E-state index contributed by atoms with van der Waals surface area (Å²) in [5.41, 5.74) is 9.95. The Morgan fingerprint density at radius 1 is 0.290 bits per heavy atom. The molecule has 0 saturated carbocycles. The molecule has 0 aliphatic heterocycles. The molecule has 12 aromatic rings. The van der Waals surface area contributed by atoms with Crippen molar-refractivity contribution in [1.29, 1.82) is 0 Å². The average Bonchev–Trinajstić information content (AvgIpc) is 3.35. The minimum atomic E-state index is 0.591. The molecular weight excluding hydrogens is 755 g/mol. The molecule has 12 rings (SSSR count). The van der Waals surface area contributed by atoms with Crippen molar-refractivity contribution < 1.29 is 0 Å². The second-order valence-electron chi connectivity index (χ2n) is 15.7. The van der Waals surface area contributed by atoms with Crippen LogP contribution in [0.2, 0.25) is 0 Å². The Morgan fingerprint density at radius 2 is 0.871 bits per heavy atom. The zero-order valence-electron chi connectivity index (χ0n) is 33.4. The van der Waals surface area contributed by atoms with Gasteiger partial charge in [-0.05, 0) is 91.5 Å². The van der Waals surface area contributed by atoms with E-state index in [9.17, 15) is 0 Å². The lowest BCUT2D eigenvalue weighted by Gasteiger charge is -2.16. The van der Waals surface area contributed by atoms with Crippen LogP contribution in [0.4, 0.5) is 0 Å². The molecule has 3 aromatic heterocycles. The lowest BCUT2D eigenvalue weighted by Crippen LogP contribution is -2.01. The van der Waals surface area contributed by atoms with Crippen LogP contribution in [0.25, 0.3) is 122 Å². The van der Waals surface area contributed by atoms with Gasteiger partial charge in [-0.25, -0.2) is 19.9 Å². The van der Waals surface area contributed by atoms with Crippen LogP contribution < -0.4 is 0 Å². The summed E-state index contributed by atoms with van der Waals surface area (Å²) in [6.07, 6.45) is 3.72. The zero-order valence-corrected chi connectivity index (χ0v) is 33.4. The molecule has 0 N–H and O–H groups in total. The Labute approximate surface area is 357 Å². The minimum Gasteiger partial charge on any atom is -0.264 e. The number of aromatic nitrogens is 5. The van der Waals surface area contributed by atoms with Gasteiger partial charge in [0.05, 0.1) is 11.2 Å². The van der Waals surface area contributed by atoms with E-state index in [-0.39, 0.29) is 0 Å². The number of pyridine rings is 2. The topological polar surface area (TPSA) is 64.5 Å². The average molecular weight is 790 g/mol. The minimum absolute atomic E-state index is 0.591. The highest BCUT2D eigenvalue weighted by Gasteiger charge is 2.19. The molecule has 0 radical (unpaired) electrons. The maximum Gasteiger partial charge on any atom is 0.164 e. The highest BCUT2D eigenvalue weighted by molar-refractivity contribution is 6.24. The van der Waals surface area contributed by atoms with E-state index in [0.717, 1.165) is 93.4 Å². The standard InChI is InChI=1S/C57H35N5/c1-2-14-38(15-3-1)54-51-28-27-48-47(20-10-21-49(48)53(51)50-19-8-9-22-52(50)59-54)45-32-44(43-18-11-29-58-35-43)33-46(34-45)57-61-55(41-25-23-36-12-4-6-16-39(36)30-41)60-56(62-57)42-26-24-37-13-5-7-17-40(37)31-42/h1-35H. The molecule has 0 amide bonds. The largest absolute Gasteiger partial charge is 0.264 e. The van der Waals surface area contributed by atoms with Crippen LogP contribution in [0.15, 0.2) is 213 Å². The fourth-order valence-corrected chi connectivity index (χ4v) is 8.91. The summed E-state index contributed by atoms with van der Waals surface area (Å²) in [6.45, 7) is 0. The molecular formula is C57H35N5. The number of hydrogen-bond donors (Lipinski definition) is 0. The van der Waals surface area contributed by atoms with Gasteiger partial charge in [0.1, 0.15) is 0 Å². The number of para-hydroxylation sites is 1. The fraction of sp³-hybridized carbons (Fsp3) is 0. The van der Waals surface area contributed by atoms with Crippen molar-refractivity contribution in [3.63, 3.8) is 0 Å². The van der Waals surface area contributed by atoms with Crippen molar-refractivity contribution >= 4 is 54.0 Å². The van der Waals surface area contributed by atoms with Gasteiger partial charge in [0.15, 0.2) is 17.5 Å². The summed E-state index contributed by atoms with van der Waals surface area (Å²) >= 11 is 0. The summed E-state index contributed by atoms with van der Waals surface area (Å²) < 4.78 is 0. The summed E-state index contributed by atoms with van der Waals surface area (Å²) in [5.74, 6) is 1.82. The van der Waals surface area contributed by atoms with Gasteiger partial charge in [-0.1, -0.05) is 158 Å². The monoisotopic (exact) mass is 789 g/mol. The molecule has 288 valence electrons. The first kappa shape index (κ1) is 35.5. The highest BCUT2D eigenvalue weighted by Crippen LogP contribution is 2.42. The maximum atomic E-state index is 5.27. The third-order valence-electron chi connectivity index (χ3n) is 11.9. The molecule has 0 atom stereocenters. The molecule has 0 aliphatic rings. The van der Waals surface area contributed by atoms with Gasteiger partial charge < -0.3 is 0 Å². The van der Waals surface area contributed by atoms with E-state index in [1.165, 1.54) is 10.8 Å². The second-order valence-corrected chi connectivity index (χ2v) is 15.7. The highest BCUT2D eigenvalue weighted by atomic mass is 15.0. The quantitative estimate of drug-likeness (QED) is 0.157. The number of hydrogen-bond acceptors (Lipinski definition) is 5. The van der Waals surface area contributed by atoms with Crippen LogP contribution in [0.3, 0.4) is 0 Å². The molecule has 0 bridgehead atoms. The molecule has 3 heterocycles. The van der Waals surface area contributed by atoms with Gasteiger partial charge in [0.2, 0.25) is 0 Å². The number of rotatable bonds is 6. The van der Waals surface area contributed by atoms with E-state index >= 15 is 0 Å². The molecule has 5 heteroatoms. The van der Waals surface area contributed by atoms with E-state index in [2.05, 4.69) is 193 Å². The van der Waals surface area contributed by atoms with E-state index in [1.54, 1.807) is 0 Å². The number of fused-ring (bicyclic) bond motifs is 7. The Morgan fingerprint density at radius 3 is 1.58 bits per heavy atom. The van der Waals surface area contributed by atoms with Crippen molar-refractivity contribution in [2.24, 2.45) is 0 Å². The Balaban J connectivity index is 1.10. The summed E-state index contributed by atoms with van der Waals surface area (Å²) in [4.78, 5) is 25.4. The van der Waals surface area contributed by atoms with Gasteiger partial charge >= 0.3 is 0 Å². The van der Waals surface area contributed by atoms with Crippen molar-refractivity contribution in [3.05, 3.63) is 213 Å². The lowest BCUT2D eigenvalue weighted by atomic mass is 9.90. The maximum absolute atomic E-state index is 5.27. The molecule has 0 aliphatic carbocycles. The van der Waals surface area contributed by atoms with Gasteiger partial charge in [-0.3, -0.25) is 4.98 Å². The second kappa shape index (κ2) is 14.7. The first-order valence-electron chi connectivity index (χ1n) is 20.8. The van der Waals surface area contributed by atoms with Crippen LogP contribution in [0, 0.1) is 0 Å². The third-order valence-corrected chi connectivity index (χ3v) is 11.9. The van der Waals surface area contributed by atoms with Crippen molar-refractivity contribution in [2.75, 3.05) is 0 Å². The lowest BCUT2D eigenvalue weighted by molar-refractivity contribution is 1.08. The van der Waals surface area contributed by atoms with E-state index in [0.29, 0.717) is 17.5 Å². The Kier molecular flexibility index (Phi) is 8.42.